The first kappa shape index (κ1) is 19.1. The predicted octanol–water partition coefficient (Wildman–Crippen LogP) is -0.0267. The lowest BCUT2D eigenvalue weighted by Crippen LogP contribution is -2.67. The summed E-state index contributed by atoms with van der Waals surface area (Å²) < 4.78 is 0. The van der Waals surface area contributed by atoms with Gasteiger partial charge >= 0.3 is 6.03 Å². The molecule has 3 unspecified atom stereocenters. The Morgan fingerprint density at radius 1 is 1.31 bits per heavy atom. The van der Waals surface area contributed by atoms with Gasteiger partial charge in [0.1, 0.15) is 6.29 Å². The number of carbonyl (C=O) groups is 1. The third kappa shape index (κ3) is 5.39. The van der Waals surface area contributed by atoms with E-state index in [-0.39, 0.29) is 18.5 Å². The van der Waals surface area contributed by atoms with Crippen LogP contribution in [0.5, 0.6) is 0 Å². The van der Waals surface area contributed by atoms with Crippen molar-refractivity contribution in [1.29, 1.82) is 0 Å². The lowest BCUT2D eigenvalue weighted by atomic mass is 10.0. The normalized spacial score (nSPS) is 25.4. The van der Waals surface area contributed by atoms with Gasteiger partial charge in [0.2, 0.25) is 0 Å². The third-order valence-corrected chi connectivity index (χ3v) is 4.81. The number of hydrogen-bond acceptors (Lipinski definition) is 6. The molecular weight excluding hydrogens is 330 g/mol. The lowest BCUT2D eigenvalue weighted by Gasteiger charge is -2.36. The number of benzene rings is 1. The molecule has 2 heterocycles. The number of amides is 2. The van der Waals surface area contributed by atoms with E-state index in [0.29, 0.717) is 12.6 Å². The molecule has 1 fully saturated rings. The quantitative estimate of drug-likeness (QED) is 0.358. The zero-order chi connectivity index (χ0) is 18.4. The molecule has 8 nitrogen and oxygen atoms in total. The van der Waals surface area contributed by atoms with Crippen molar-refractivity contribution in [3.8, 4) is 0 Å². The molecule has 0 aliphatic carbocycles. The molecule has 2 amide bonds. The lowest BCUT2D eigenvalue weighted by molar-refractivity contribution is 0.193. The maximum absolute atomic E-state index is 12.4. The van der Waals surface area contributed by atoms with Crippen molar-refractivity contribution in [2.24, 2.45) is 5.73 Å². The van der Waals surface area contributed by atoms with Crippen LogP contribution in [0.25, 0.3) is 0 Å². The first-order chi connectivity index (χ1) is 12.6. The van der Waals surface area contributed by atoms with Crippen molar-refractivity contribution >= 4 is 11.7 Å². The summed E-state index contributed by atoms with van der Waals surface area (Å²) in [6.45, 7) is 5.53. The van der Waals surface area contributed by atoms with Gasteiger partial charge in [-0.2, -0.15) is 0 Å². The number of carbonyl (C=O) groups excluding carboxylic acids is 1. The third-order valence-electron chi connectivity index (χ3n) is 4.81. The highest BCUT2D eigenvalue weighted by atomic mass is 16.2. The van der Waals surface area contributed by atoms with Crippen molar-refractivity contribution in [2.45, 2.75) is 51.2 Å². The Bertz CT molecular complexity index is 609. The van der Waals surface area contributed by atoms with E-state index in [0.717, 1.165) is 44.6 Å². The van der Waals surface area contributed by atoms with Gasteiger partial charge in [-0.25, -0.2) is 4.79 Å². The number of anilines is 1. The summed E-state index contributed by atoms with van der Waals surface area (Å²) in [5, 5.41) is 19.4. The van der Waals surface area contributed by atoms with Crippen molar-refractivity contribution in [3.05, 3.63) is 29.3 Å². The van der Waals surface area contributed by atoms with Gasteiger partial charge in [0.15, 0.2) is 0 Å². The van der Waals surface area contributed by atoms with Gasteiger partial charge < -0.3 is 27.0 Å². The fraction of sp³-hybridized carbons (Fsp3) is 0.611. The minimum absolute atomic E-state index is 0.152. The summed E-state index contributed by atoms with van der Waals surface area (Å²) in [5.41, 5.74) is 8.97. The summed E-state index contributed by atoms with van der Waals surface area (Å²) in [6.07, 6.45) is 2.75. The van der Waals surface area contributed by atoms with Gasteiger partial charge in [0, 0.05) is 18.3 Å². The van der Waals surface area contributed by atoms with E-state index < -0.39 is 0 Å². The zero-order valence-electron chi connectivity index (χ0n) is 15.4. The van der Waals surface area contributed by atoms with Crippen LogP contribution in [0.15, 0.2) is 18.2 Å². The Morgan fingerprint density at radius 2 is 2.19 bits per heavy atom. The van der Waals surface area contributed by atoms with Crippen LogP contribution in [0.3, 0.4) is 0 Å². The Balaban J connectivity index is 1.50. The minimum Gasteiger partial charge on any atom is -0.330 e. The fourth-order valence-corrected chi connectivity index (χ4v) is 3.48. The highest BCUT2D eigenvalue weighted by Gasteiger charge is 2.25. The second-order valence-corrected chi connectivity index (χ2v) is 7.06. The van der Waals surface area contributed by atoms with E-state index in [1.807, 2.05) is 6.07 Å². The first-order valence-electron chi connectivity index (χ1n) is 9.49. The number of urea groups is 1. The molecule has 1 aromatic carbocycles. The molecule has 26 heavy (non-hydrogen) atoms. The molecule has 0 spiro atoms. The molecule has 0 bridgehead atoms. The highest BCUT2D eigenvalue weighted by molar-refractivity contribution is 5.89. The first-order valence-corrected chi connectivity index (χ1v) is 9.49. The van der Waals surface area contributed by atoms with Crippen molar-refractivity contribution in [3.63, 3.8) is 0 Å². The van der Waals surface area contributed by atoms with Crippen LogP contribution >= 0.6 is 0 Å². The SMILES string of the molecule is CC1CC(NCCCN)NC(NC(=O)Nc2ccc3c(c2)CCNC3)N1. The molecule has 2 aliphatic heterocycles. The van der Waals surface area contributed by atoms with Crippen LogP contribution in [-0.2, 0) is 13.0 Å². The molecule has 2 aliphatic rings. The molecule has 8 N–H and O–H groups in total. The molecule has 0 saturated carbocycles. The van der Waals surface area contributed by atoms with Crippen molar-refractivity contribution in [1.82, 2.24) is 26.6 Å². The van der Waals surface area contributed by atoms with Gasteiger partial charge in [0.05, 0.1) is 6.17 Å². The molecule has 1 saturated heterocycles. The average Bonchev–Trinajstić information content (AvgIpc) is 2.61. The van der Waals surface area contributed by atoms with E-state index in [4.69, 9.17) is 5.73 Å². The Labute approximate surface area is 155 Å². The van der Waals surface area contributed by atoms with Gasteiger partial charge in [-0.05, 0) is 69.1 Å². The van der Waals surface area contributed by atoms with Crippen LogP contribution in [0.4, 0.5) is 10.5 Å². The number of nitrogens with two attached hydrogens (primary N) is 1. The summed E-state index contributed by atoms with van der Waals surface area (Å²) >= 11 is 0. The summed E-state index contributed by atoms with van der Waals surface area (Å²) in [5.74, 6) is 0. The smallest absolute Gasteiger partial charge is 0.321 e. The van der Waals surface area contributed by atoms with E-state index in [2.05, 4.69) is 51.0 Å². The Morgan fingerprint density at radius 3 is 3.04 bits per heavy atom. The summed E-state index contributed by atoms with van der Waals surface area (Å²) in [6, 6.07) is 6.17. The largest absolute Gasteiger partial charge is 0.330 e. The Kier molecular flexibility index (Phi) is 6.81. The summed E-state index contributed by atoms with van der Waals surface area (Å²) in [4.78, 5) is 12.4. The number of hydrogen-bond donors (Lipinski definition) is 7. The maximum Gasteiger partial charge on any atom is 0.321 e. The monoisotopic (exact) mass is 361 g/mol. The van der Waals surface area contributed by atoms with Gasteiger partial charge in [0.25, 0.3) is 0 Å². The van der Waals surface area contributed by atoms with Gasteiger partial charge in [-0.1, -0.05) is 6.07 Å². The molecule has 0 aromatic heterocycles. The molecule has 3 rings (SSSR count). The molecule has 144 valence electrons. The number of nitrogens with one attached hydrogen (secondary N) is 6. The van der Waals surface area contributed by atoms with E-state index in [1.54, 1.807) is 0 Å². The van der Waals surface area contributed by atoms with Gasteiger partial charge in [-0.15, -0.1) is 0 Å². The fourth-order valence-electron chi connectivity index (χ4n) is 3.48. The zero-order valence-corrected chi connectivity index (χ0v) is 15.4. The van der Waals surface area contributed by atoms with Crippen LogP contribution in [-0.4, -0.2) is 44.2 Å². The highest BCUT2D eigenvalue weighted by Crippen LogP contribution is 2.19. The van der Waals surface area contributed by atoms with Crippen LogP contribution in [0, 0.1) is 0 Å². The standard InChI is InChI=1S/C18H31N7O/c1-12-9-16(21-7-2-6-19)24-17(22-12)25-18(26)23-15-4-3-14-11-20-8-5-13(14)10-15/h3-4,10,12,16-17,20-22,24H,2,5-9,11,19H2,1H3,(H2,23,25,26). The molecule has 0 radical (unpaired) electrons. The molecule has 1 aromatic rings. The molecule has 8 heteroatoms. The second-order valence-electron chi connectivity index (χ2n) is 7.06. The van der Waals surface area contributed by atoms with Crippen molar-refractivity contribution in [2.75, 3.05) is 25.0 Å². The van der Waals surface area contributed by atoms with E-state index in [9.17, 15) is 4.79 Å². The van der Waals surface area contributed by atoms with E-state index in [1.165, 1.54) is 11.1 Å². The molecule has 3 atom stereocenters. The number of fused-ring (bicyclic) bond motifs is 1. The number of rotatable bonds is 6. The minimum atomic E-state index is -0.282. The van der Waals surface area contributed by atoms with E-state index >= 15 is 0 Å². The van der Waals surface area contributed by atoms with Gasteiger partial charge in [-0.3, -0.25) is 10.6 Å². The maximum atomic E-state index is 12.4. The van der Waals surface area contributed by atoms with Crippen molar-refractivity contribution < 1.29 is 4.79 Å². The summed E-state index contributed by atoms with van der Waals surface area (Å²) in [7, 11) is 0. The Hall–Kier alpha value is -1.71. The molecular formula is C18H31N7O. The topological polar surface area (TPSA) is 115 Å². The average molecular weight is 361 g/mol. The predicted molar refractivity (Wildman–Crippen MR) is 104 cm³/mol. The van der Waals surface area contributed by atoms with Crippen LogP contribution in [0.1, 0.15) is 30.9 Å². The van der Waals surface area contributed by atoms with Crippen LogP contribution in [0.2, 0.25) is 0 Å². The van der Waals surface area contributed by atoms with Crippen LogP contribution < -0.4 is 37.6 Å². The second kappa shape index (κ2) is 9.29.